The van der Waals surface area contributed by atoms with Crippen LogP contribution in [0.15, 0.2) is 16.9 Å². The second kappa shape index (κ2) is 6.00. The van der Waals surface area contributed by atoms with Crippen molar-refractivity contribution in [1.29, 1.82) is 0 Å². The number of piperidine rings is 1. The van der Waals surface area contributed by atoms with Crippen LogP contribution in [0.25, 0.3) is 0 Å². The van der Waals surface area contributed by atoms with Crippen LogP contribution in [0.2, 0.25) is 0 Å². The molecular formula is C13H21N3O2. The van der Waals surface area contributed by atoms with Crippen molar-refractivity contribution >= 4 is 5.91 Å². The summed E-state index contributed by atoms with van der Waals surface area (Å²) >= 11 is 0. The molecule has 100 valence electrons. The molecule has 1 aromatic heterocycles. The minimum atomic E-state index is -0.0377. The Morgan fingerprint density at radius 1 is 1.67 bits per heavy atom. The first kappa shape index (κ1) is 13.1. The van der Waals surface area contributed by atoms with Crippen molar-refractivity contribution in [1.82, 2.24) is 15.4 Å². The largest absolute Gasteiger partial charge is 0.364 e. The molecule has 0 aliphatic carbocycles. The summed E-state index contributed by atoms with van der Waals surface area (Å²) in [4.78, 5) is 14.2. The number of hydrogen-bond donors (Lipinski definition) is 1. The van der Waals surface area contributed by atoms with Gasteiger partial charge in [0.15, 0.2) is 5.69 Å². The number of hydrogen-bond acceptors (Lipinski definition) is 4. The van der Waals surface area contributed by atoms with Crippen molar-refractivity contribution in [2.45, 2.75) is 32.7 Å². The van der Waals surface area contributed by atoms with E-state index < -0.39 is 0 Å². The zero-order valence-corrected chi connectivity index (χ0v) is 11.1. The number of carbonyl (C=O) groups is 1. The molecule has 1 atom stereocenters. The quantitative estimate of drug-likeness (QED) is 0.881. The van der Waals surface area contributed by atoms with Crippen molar-refractivity contribution in [3.8, 4) is 0 Å². The van der Waals surface area contributed by atoms with E-state index in [1.165, 1.54) is 19.1 Å². The van der Waals surface area contributed by atoms with Gasteiger partial charge < -0.3 is 14.7 Å². The van der Waals surface area contributed by atoms with Gasteiger partial charge >= 0.3 is 0 Å². The van der Waals surface area contributed by atoms with Gasteiger partial charge in [0.2, 0.25) is 0 Å². The Bertz CT molecular complexity index is 370. The van der Waals surface area contributed by atoms with Gasteiger partial charge in [-0.2, -0.15) is 0 Å². The van der Waals surface area contributed by atoms with Crippen molar-refractivity contribution in [2.24, 2.45) is 5.92 Å². The Labute approximate surface area is 108 Å². The second-order valence-corrected chi connectivity index (χ2v) is 5.15. The predicted molar refractivity (Wildman–Crippen MR) is 68.3 cm³/mol. The molecule has 0 aromatic carbocycles. The van der Waals surface area contributed by atoms with Crippen LogP contribution in [0.3, 0.4) is 0 Å². The Morgan fingerprint density at radius 3 is 3.06 bits per heavy atom. The molecule has 1 aliphatic rings. The molecule has 1 fully saturated rings. The van der Waals surface area contributed by atoms with Gasteiger partial charge in [-0.1, -0.05) is 5.16 Å². The van der Waals surface area contributed by atoms with E-state index in [1.54, 1.807) is 6.07 Å². The van der Waals surface area contributed by atoms with Crippen molar-refractivity contribution in [3.05, 3.63) is 18.0 Å². The first-order valence-electron chi connectivity index (χ1n) is 6.60. The third-order valence-corrected chi connectivity index (χ3v) is 3.39. The maximum atomic E-state index is 12.3. The van der Waals surface area contributed by atoms with Crippen molar-refractivity contribution in [2.75, 3.05) is 19.6 Å². The van der Waals surface area contributed by atoms with Gasteiger partial charge in [-0.3, -0.25) is 4.79 Å². The Morgan fingerprint density at radius 2 is 2.50 bits per heavy atom. The highest BCUT2D eigenvalue weighted by atomic mass is 16.5. The molecule has 1 N–H and O–H groups in total. The molecule has 18 heavy (non-hydrogen) atoms. The summed E-state index contributed by atoms with van der Waals surface area (Å²) in [7, 11) is 0. The third-order valence-electron chi connectivity index (χ3n) is 3.39. The Hall–Kier alpha value is -1.36. The minimum Gasteiger partial charge on any atom is -0.364 e. The average molecular weight is 251 g/mol. The van der Waals surface area contributed by atoms with E-state index in [1.807, 2.05) is 18.7 Å². The fraction of sp³-hybridized carbons (Fsp3) is 0.692. The molecule has 1 amide bonds. The molecule has 0 radical (unpaired) electrons. The minimum absolute atomic E-state index is 0.0377. The SMILES string of the molecule is CC(C)N(CC1CCCNC1)C(=O)c1ccon1. The molecule has 0 spiro atoms. The molecule has 1 saturated heterocycles. The molecule has 1 unspecified atom stereocenters. The fourth-order valence-electron chi connectivity index (χ4n) is 2.36. The number of rotatable bonds is 4. The van der Waals surface area contributed by atoms with Crippen LogP contribution < -0.4 is 5.32 Å². The van der Waals surface area contributed by atoms with E-state index in [2.05, 4.69) is 10.5 Å². The summed E-state index contributed by atoms with van der Waals surface area (Å²) in [6.45, 7) is 6.95. The van der Waals surface area contributed by atoms with Crippen LogP contribution in [-0.4, -0.2) is 41.6 Å². The summed E-state index contributed by atoms with van der Waals surface area (Å²) in [5.41, 5.74) is 0.396. The van der Waals surface area contributed by atoms with E-state index in [4.69, 9.17) is 4.52 Å². The summed E-state index contributed by atoms with van der Waals surface area (Å²) in [6.07, 6.45) is 3.81. The number of amides is 1. The number of nitrogens with one attached hydrogen (secondary N) is 1. The molecule has 5 heteroatoms. The molecule has 0 bridgehead atoms. The second-order valence-electron chi connectivity index (χ2n) is 5.15. The first-order chi connectivity index (χ1) is 8.68. The summed E-state index contributed by atoms with van der Waals surface area (Å²) in [5, 5.41) is 7.11. The monoisotopic (exact) mass is 251 g/mol. The van der Waals surface area contributed by atoms with Crippen LogP contribution in [0, 0.1) is 5.92 Å². The lowest BCUT2D eigenvalue weighted by Crippen LogP contribution is -2.44. The fourth-order valence-corrected chi connectivity index (χ4v) is 2.36. The number of carbonyl (C=O) groups excluding carboxylic acids is 1. The van der Waals surface area contributed by atoms with Gasteiger partial charge in [0, 0.05) is 18.7 Å². The number of nitrogens with zero attached hydrogens (tertiary/aromatic N) is 2. The van der Waals surface area contributed by atoms with Crippen LogP contribution in [-0.2, 0) is 0 Å². The average Bonchev–Trinajstić information content (AvgIpc) is 2.90. The van der Waals surface area contributed by atoms with Crippen LogP contribution >= 0.6 is 0 Å². The lowest BCUT2D eigenvalue weighted by molar-refractivity contribution is 0.0650. The first-order valence-corrected chi connectivity index (χ1v) is 6.60. The lowest BCUT2D eigenvalue weighted by Gasteiger charge is -2.32. The normalized spacial score (nSPS) is 20.1. The molecule has 0 saturated carbocycles. The van der Waals surface area contributed by atoms with Gasteiger partial charge in [0.1, 0.15) is 6.26 Å². The molecule has 1 aromatic rings. The van der Waals surface area contributed by atoms with Crippen molar-refractivity contribution in [3.63, 3.8) is 0 Å². The summed E-state index contributed by atoms with van der Waals surface area (Å²) in [6, 6.07) is 1.80. The maximum absolute atomic E-state index is 12.3. The zero-order valence-electron chi connectivity index (χ0n) is 11.1. The molecule has 1 aliphatic heterocycles. The van der Waals surface area contributed by atoms with E-state index >= 15 is 0 Å². The van der Waals surface area contributed by atoms with E-state index in [-0.39, 0.29) is 11.9 Å². The predicted octanol–water partition coefficient (Wildman–Crippen LogP) is 1.52. The van der Waals surface area contributed by atoms with Crippen LogP contribution in [0.5, 0.6) is 0 Å². The van der Waals surface area contributed by atoms with Gasteiger partial charge in [-0.05, 0) is 45.7 Å². The van der Waals surface area contributed by atoms with Gasteiger partial charge in [-0.15, -0.1) is 0 Å². The van der Waals surface area contributed by atoms with E-state index in [9.17, 15) is 4.79 Å². The standard InChI is InChI=1S/C13H21N3O2/c1-10(2)16(9-11-4-3-6-14-8-11)13(17)12-5-7-18-15-12/h5,7,10-11,14H,3-4,6,8-9H2,1-2H3. The van der Waals surface area contributed by atoms with Crippen LogP contribution in [0.1, 0.15) is 37.2 Å². The van der Waals surface area contributed by atoms with Gasteiger partial charge in [-0.25, -0.2) is 0 Å². The van der Waals surface area contributed by atoms with E-state index in [0.29, 0.717) is 11.6 Å². The third kappa shape index (κ3) is 3.10. The van der Waals surface area contributed by atoms with Crippen LogP contribution in [0.4, 0.5) is 0 Å². The smallest absolute Gasteiger partial charge is 0.276 e. The highest BCUT2D eigenvalue weighted by Gasteiger charge is 2.25. The van der Waals surface area contributed by atoms with Gasteiger partial charge in [0.05, 0.1) is 0 Å². The topological polar surface area (TPSA) is 58.4 Å². The molecule has 2 heterocycles. The Kier molecular flexibility index (Phi) is 4.36. The highest BCUT2D eigenvalue weighted by Crippen LogP contribution is 2.15. The molecular weight excluding hydrogens is 230 g/mol. The highest BCUT2D eigenvalue weighted by molar-refractivity contribution is 5.92. The van der Waals surface area contributed by atoms with E-state index in [0.717, 1.165) is 19.6 Å². The lowest BCUT2D eigenvalue weighted by atomic mass is 9.98. The summed E-state index contributed by atoms with van der Waals surface area (Å²) < 4.78 is 4.75. The maximum Gasteiger partial charge on any atom is 0.276 e. The molecule has 2 rings (SSSR count). The Balaban J connectivity index is 2.01. The van der Waals surface area contributed by atoms with Crippen molar-refractivity contribution < 1.29 is 9.32 Å². The van der Waals surface area contributed by atoms with Gasteiger partial charge in [0.25, 0.3) is 5.91 Å². The molecule has 5 nitrogen and oxygen atoms in total. The zero-order chi connectivity index (χ0) is 13.0. The summed E-state index contributed by atoms with van der Waals surface area (Å²) in [5.74, 6) is 0.501. The number of aromatic nitrogens is 1.